The van der Waals surface area contributed by atoms with Gasteiger partial charge in [-0.1, -0.05) is 224 Å². The van der Waals surface area contributed by atoms with E-state index in [9.17, 15) is 0 Å². The first kappa shape index (κ1) is 52.8. The zero-order valence-electron chi connectivity index (χ0n) is 36.9. The van der Waals surface area contributed by atoms with Crippen LogP contribution in [0.15, 0.2) is 110 Å². The van der Waals surface area contributed by atoms with E-state index in [1.807, 2.05) is 36.5 Å². The summed E-state index contributed by atoms with van der Waals surface area (Å²) in [6.45, 7) is 36.9. The van der Waals surface area contributed by atoms with Gasteiger partial charge in [-0.2, -0.15) is 0 Å². The van der Waals surface area contributed by atoms with E-state index in [0.717, 1.165) is 26.2 Å². The van der Waals surface area contributed by atoms with E-state index < -0.39 is 0 Å². The van der Waals surface area contributed by atoms with Gasteiger partial charge in [0.25, 0.3) is 0 Å². The Bertz CT molecular complexity index is 1730. The predicted octanol–water partition coefficient (Wildman–Crippen LogP) is 16.9. The van der Waals surface area contributed by atoms with Crippen LogP contribution in [0.3, 0.4) is 0 Å². The maximum atomic E-state index is 6.01. The second-order valence-corrected chi connectivity index (χ2v) is 20.4. The maximum absolute atomic E-state index is 6.01. The zero-order chi connectivity index (χ0) is 42.4. The Kier molecular flexibility index (Phi) is 21.4. The molecular formula is C51H73Cl3N2. The Balaban J connectivity index is 0.000000672. The van der Waals surface area contributed by atoms with Crippen LogP contribution in [0.1, 0.15) is 150 Å². The van der Waals surface area contributed by atoms with Gasteiger partial charge in [-0.15, -0.1) is 0 Å². The molecule has 0 spiro atoms. The highest BCUT2D eigenvalue weighted by Gasteiger charge is 2.18. The second kappa shape index (κ2) is 22.7. The van der Waals surface area contributed by atoms with E-state index in [0.29, 0.717) is 0 Å². The molecule has 2 heterocycles. The number of rotatable bonds is 0. The highest BCUT2D eigenvalue weighted by atomic mass is 35.5. The number of hydrogen-bond acceptors (Lipinski definition) is 2. The Morgan fingerprint density at radius 2 is 0.821 bits per heavy atom. The van der Waals surface area contributed by atoms with Gasteiger partial charge >= 0.3 is 0 Å². The lowest BCUT2D eigenvalue weighted by molar-refractivity contribution is 0.587. The molecular weight excluding hydrogens is 747 g/mol. The SMILES string of the molecule is C.CC(C)(C)c1ccccc1Cl.CC(C)(C)c1ccncc1Cl.CC(C)(C)c1cnccc1Cl.Cc1ccc(C(C)(C)C)cc1.Cc1cccc(C(C)(C)C)c1. The van der Waals surface area contributed by atoms with Crippen molar-refractivity contribution in [2.75, 3.05) is 0 Å². The van der Waals surface area contributed by atoms with E-state index in [1.165, 1.54) is 27.8 Å². The van der Waals surface area contributed by atoms with Gasteiger partial charge < -0.3 is 0 Å². The van der Waals surface area contributed by atoms with Crippen molar-refractivity contribution >= 4 is 34.8 Å². The van der Waals surface area contributed by atoms with Crippen LogP contribution in [0, 0.1) is 13.8 Å². The fourth-order valence-electron chi connectivity index (χ4n) is 5.15. The van der Waals surface area contributed by atoms with E-state index in [1.54, 1.807) is 18.6 Å². The van der Waals surface area contributed by atoms with Gasteiger partial charge in [0.05, 0.1) is 5.02 Å². The molecule has 5 heteroatoms. The van der Waals surface area contributed by atoms with Crippen molar-refractivity contribution in [2.24, 2.45) is 0 Å². The molecule has 0 aliphatic heterocycles. The summed E-state index contributed by atoms with van der Waals surface area (Å²) >= 11 is 17.9. The molecule has 0 saturated carbocycles. The average Bonchev–Trinajstić information content (AvgIpc) is 3.04. The number of aryl methyl sites for hydroxylation is 2. The lowest BCUT2D eigenvalue weighted by atomic mass is 9.86. The van der Waals surface area contributed by atoms with Gasteiger partial charge in [-0.3, -0.25) is 9.97 Å². The highest BCUT2D eigenvalue weighted by Crippen LogP contribution is 2.30. The fraction of sp³-hybridized carbons (Fsp3) is 0.451. The van der Waals surface area contributed by atoms with Gasteiger partial charge in [-0.25, -0.2) is 0 Å². The number of nitrogens with zero attached hydrogens (tertiary/aromatic N) is 2. The van der Waals surface area contributed by atoms with Gasteiger partial charge in [0.1, 0.15) is 0 Å². The fourth-order valence-corrected chi connectivity index (χ4v) is 6.36. The summed E-state index contributed by atoms with van der Waals surface area (Å²) in [5.74, 6) is 0. The van der Waals surface area contributed by atoms with Crippen molar-refractivity contribution in [3.8, 4) is 0 Å². The zero-order valence-corrected chi connectivity index (χ0v) is 39.2. The summed E-state index contributed by atoms with van der Waals surface area (Å²) < 4.78 is 0. The van der Waals surface area contributed by atoms with Crippen LogP contribution in [0.4, 0.5) is 0 Å². The normalized spacial score (nSPS) is 11.4. The molecule has 0 aliphatic carbocycles. The summed E-state index contributed by atoms with van der Waals surface area (Å²) in [5.41, 5.74) is 9.87. The van der Waals surface area contributed by atoms with Gasteiger partial charge in [0, 0.05) is 34.8 Å². The molecule has 0 N–H and O–H groups in total. The summed E-state index contributed by atoms with van der Waals surface area (Å²) in [6.07, 6.45) is 6.98. The third-order valence-corrected chi connectivity index (χ3v) is 9.60. The van der Waals surface area contributed by atoms with E-state index in [2.05, 4.69) is 182 Å². The smallest absolute Gasteiger partial charge is 0.0626 e. The average molecular weight is 821 g/mol. The van der Waals surface area contributed by atoms with Crippen LogP contribution in [0.2, 0.25) is 15.1 Å². The Labute approximate surface area is 358 Å². The molecule has 2 aromatic heterocycles. The lowest BCUT2D eigenvalue weighted by Gasteiger charge is -2.19. The van der Waals surface area contributed by atoms with Crippen molar-refractivity contribution in [3.05, 3.63) is 164 Å². The third-order valence-electron chi connectivity index (χ3n) is 8.64. The quantitative estimate of drug-likeness (QED) is 0.156. The standard InChI is InChI=1S/2C11H16.C10H13Cl.2C9H12ClN.CH4/c1-9-5-7-10(8-6-9)11(2,3)4;1-9-6-5-7-10(8-9)11(2,3)4;1-10(2,3)8-6-4-5-7-9(8)11;1-9(2,3)7-6-11-5-4-8(7)10;1-9(2,3)7-4-5-11-6-8(7)10;/h2*5-8H,1-4H3;4-7H,1-3H3;2*4-6H,1-3H3;1H4. The third kappa shape index (κ3) is 19.8. The number of benzene rings is 3. The second-order valence-electron chi connectivity index (χ2n) is 19.2. The molecule has 0 saturated heterocycles. The molecule has 3 aromatic carbocycles. The van der Waals surface area contributed by atoms with Crippen LogP contribution in [0.5, 0.6) is 0 Å². The van der Waals surface area contributed by atoms with Crippen molar-refractivity contribution in [1.29, 1.82) is 0 Å². The Hall–Kier alpha value is -3.17. The van der Waals surface area contributed by atoms with E-state index in [4.69, 9.17) is 34.8 Å². The number of halogens is 3. The molecule has 0 atom stereocenters. The monoisotopic (exact) mass is 818 g/mol. The van der Waals surface area contributed by atoms with Crippen LogP contribution in [-0.2, 0) is 27.1 Å². The first-order valence-electron chi connectivity index (χ1n) is 19.1. The number of aromatic nitrogens is 2. The van der Waals surface area contributed by atoms with Crippen LogP contribution in [0.25, 0.3) is 0 Å². The summed E-state index contributed by atoms with van der Waals surface area (Å²) in [7, 11) is 0. The predicted molar refractivity (Wildman–Crippen MR) is 253 cm³/mol. The molecule has 56 heavy (non-hydrogen) atoms. The summed E-state index contributed by atoms with van der Waals surface area (Å²) in [5, 5.41) is 2.41. The summed E-state index contributed by atoms with van der Waals surface area (Å²) in [4.78, 5) is 7.95. The molecule has 0 radical (unpaired) electrons. The minimum absolute atomic E-state index is 0. The minimum atomic E-state index is 0. The number of pyridine rings is 2. The van der Waals surface area contributed by atoms with Crippen molar-refractivity contribution in [2.45, 2.75) is 152 Å². The highest BCUT2D eigenvalue weighted by molar-refractivity contribution is 6.32. The molecule has 0 bridgehead atoms. The molecule has 5 aromatic rings. The largest absolute Gasteiger partial charge is 0.264 e. The molecule has 0 aliphatic rings. The lowest BCUT2D eigenvalue weighted by Crippen LogP contribution is -2.11. The van der Waals surface area contributed by atoms with Crippen LogP contribution < -0.4 is 0 Å². The molecule has 0 amide bonds. The van der Waals surface area contributed by atoms with Crippen molar-refractivity contribution < 1.29 is 0 Å². The van der Waals surface area contributed by atoms with E-state index >= 15 is 0 Å². The van der Waals surface area contributed by atoms with Gasteiger partial charge in [0.15, 0.2) is 0 Å². The van der Waals surface area contributed by atoms with Gasteiger partial charge in [-0.05, 0) is 86.9 Å². The molecule has 308 valence electrons. The first-order chi connectivity index (χ1) is 25.0. The first-order valence-corrected chi connectivity index (χ1v) is 20.3. The van der Waals surface area contributed by atoms with E-state index in [-0.39, 0.29) is 34.5 Å². The van der Waals surface area contributed by atoms with Crippen LogP contribution >= 0.6 is 34.8 Å². The summed E-state index contributed by atoms with van der Waals surface area (Å²) in [6, 6.07) is 29.2. The van der Waals surface area contributed by atoms with Crippen molar-refractivity contribution in [3.63, 3.8) is 0 Å². The maximum Gasteiger partial charge on any atom is 0.0626 e. The molecule has 2 nitrogen and oxygen atoms in total. The van der Waals surface area contributed by atoms with Crippen LogP contribution in [-0.4, -0.2) is 9.97 Å². The topological polar surface area (TPSA) is 25.8 Å². The molecule has 0 fully saturated rings. The minimum Gasteiger partial charge on any atom is -0.264 e. The van der Waals surface area contributed by atoms with Crippen molar-refractivity contribution in [1.82, 2.24) is 9.97 Å². The Morgan fingerprint density at radius 3 is 1.18 bits per heavy atom. The molecule has 5 rings (SSSR count). The molecule has 0 unspecified atom stereocenters. The number of hydrogen-bond donors (Lipinski definition) is 0. The Morgan fingerprint density at radius 1 is 0.375 bits per heavy atom. The van der Waals surface area contributed by atoms with Gasteiger partial charge in [0.2, 0.25) is 0 Å².